The lowest BCUT2D eigenvalue weighted by Crippen LogP contribution is -2.46. The number of anilines is 4. The Morgan fingerprint density at radius 1 is 1.35 bits per heavy atom. The van der Waals surface area contributed by atoms with Crippen molar-refractivity contribution in [3.63, 3.8) is 0 Å². The molecule has 0 saturated heterocycles. The van der Waals surface area contributed by atoms with Gasteiger partial charge in [-0.3, -0.25) is 4.79 Å². The molecule has 1 fully saturated rings. The summed E-state index contributed by atoms with van der Waals surface area (Å²) in [6.45, 7) is -0.760. The van der Waals surface area contributed by atoms with Crippen LogP contribution < -0.4 is 20.3 Å². The van der Waals surface area contributed by atoms with Gasteiger partial charge in [-0.1, -0.05) is 12.8 Å². The van der Waals surface area contributed by atoms with Crippen LogP contribution in [0.25, 0.3) is 0 Å². The first-order valence-corrected chi connectivity index (χ1v) is 9.80. The zero-order chi connectivity index (χ0) is 22.2. The molecule has 9 nitrogen and oxygen atoms in total. The van der Waals surface area contributed by atoms with Gasteiger partial charge in [-0.05, 0) is 31.0 Å². The molecule has 3 N–H and O–H groups in total. The molecule has 0 unspecified atom stereocenters. The van der Waals surface area contributed by atoms with Gasteiger partial charge in [0.2, 0.25) is 5.95 Å². The van der Waals surface area contributed by atoms with Crippen molar-refractivity contribution in [2.45, 2.75) is 37.6 Å². The quantitative estimate of drug-likeness (QED) is 0.658. The standard InChI is InChI=1S/C20H21F2N5O4/c1-31-15-8-11(17(28)29)6-7-13(15)25-19-23-9-14-16(26-19)27(12-4-2-3-5-12)10-20(21,22)18(30)24-14/h6-9,12H,2-5,10H2,1H3,(H,24,30)(H,28,29)(H,23,25,26). The predicted octanol–water partition coefficient (Wildman–Crippen LogP) is 3.26. The van der Waals surface area contributed by atoms with Gasteiger partial charge in [0.05, 0.1) is 31.1 Å². The van der Waals surface area contributed by atoms with E-state index in [0.717, 1.165) is 25.7 Å². The van der Waals surface area contributed by atoms with Gasteiger partial charge in [0.1, 0.15) is 11.4 Å². The van der Waals surface area contributed by atoms with E-state index in [-0.39, 0.29) is 34.8 Å². The Balaban J connectivity index is 1.70. The molecular weight excluding hydrogens is 412 g/mol. The van der Waals surface area contributed by atoms with E-state index >= 15 is 0 Å². The number of nitrogens with zero attached hydrogens (tertiary/aromatic N) is 3. The SMILES string of the molecule is COc1cc(C(=O)O)ccc1Nc1ncc2c(n1)N(C1CCCC1)CC(F)(F)C(=O)N2. The summed E-state index contributed by atoms with van der Waals surface area (Å²) in [6.07, 6.45) is 4.60. The molecule has 1 aliphatic carbocycles. The molecule has 0 bridgehead atoms. The summed E-state index contributed by atoms with van der Waals surface area (Å²) in [7, 11) is 1.39. The molecule has 2 heterocycles. The summed E-state index contributed by atoms with van der Waals surface area (Å²) in [4.78, 5) is 33.2. The third-order valence-corrected chi connectivity index (χ3v) is 5.45. The molecular formula is C20H21F2N5O4. The van der Waals surface area contributed by atoms with E-state index in [4.69, 9.17) is 9.84 Å². The molecule has 1 aliphatic heterocycles. The lowest BCUT2D eigenvalue weighted by Gasteiger charge is -2.31. The first kappa shape index (κ1) is 20.8. The number of alkyl halides is 2. The number of hydrogen-bond acceptors (Lipinski definition) is 7. The van der Waals surface area contributed by atoms with Gasteiger partial charge in [0, 0.05) is 6.04 Å². The van der Waals surface area contributed by atoms with Crippen LogP contribution in [0.4, 0.5) is 31.9 Å². The zero-order valence-electron chi connectivity index (χ0n) is 16.7. The number of carboxylic acid groups (broad SMARTS) is 1. The fourth-order valence-corrected chi connectivity index (χ4v) is 3.88. The number of carboxylic acids is 1. The van der Waals surface area contributed by atoms with Gasteiger partial charge < -0.3 is 25.4 Å². The van der Waals surface area contributed by atoms with Crippen molar-refractivity contribution < 1.29 is 28.2 Å². The highest BCUT2D eigenvalue weighted by Crippen LogP contribution is 2.38. The van der Waals surface area contributed by atoms with Crippen molar-refractivity contribution in [2.24, 2.45) is 0 Å². The highest BCUT2D eigenvalue weighted by molar-refractivity contribution is 6.00. The van der Waals surface area contributed by atoms with Crippen LogP contribution in [0.5, 0.6) is 5.75 Å². The van der Waals surface area contributed by atoms with Crippen LogP contribution in [0.1, 0.15) is 36.0 Å². The second-order valence-corrected chi connectivity index (χ2v) is 7.50. The maximum atomic E-state index is 14.4. The minimum absolute atomic E-state index is 0.0441. The van der Waals surface area contributed by atoms with Crippen molar-refractivity contribution in [1.82, 2.24) is 9.97 Å². The predicted molar refractivity (Wildman–Crippen MR) is 108 cm³/mol. The van der Waals surface area contributed by atoms with Crippen LogP contribution in [0.2, 0.25) is 0 Å². The average molecular weight is 433 g/mol. The molecule has 1 amide bonds. The van der Waals surface area contributed by atoms with Crippen LogP contribution in [0.3, 0.4) is 0 Å². The Bertz CT molecular complexity index is 1030. The molecule has 0 spiro atoms. The highest BCUT2D eigenvalue weighted by atomic mass is 19.3. The second-order valence-electron chi connectivity index (χ2n) is 7.50. The number of methoxy groups -OCH3 is 1. The summed E-state index contributed by atoms with van der Waals surface area (Å²) >= 11 is 0. The van der Waals surface area contributed by atoms with E-state index in [2.05, 4.69) is 20.6 Å². The number of carbonyl (C=O) groups is 2. The molecule has 2 aromatic rings. The monoisotopic (exact) mass is 433 g/mol. The molecule has 1 saturated carbocycles. The number of nitrogens with one attached hydrogen (secondary N) is 2. The number of rotatable bonds is 5. The summed E-state index contributed by atoms with van der Waals surface area (Å²) in [5.41, 5.74) is 0.568. The minimum atomic E-state index is -3.56. The van der Waals surface area contributed by atoms with Crippen LogP contribution in [-0.4, -0.2) is 52.6 Å². The van der Waals surface area contributed by atoms with E-state index in [9.17, 15) is 18.4 Å². The van der Waals surface area contributed by atoms with Gasteiger partial charge in [0.25, 0.3) is 5.91 Å². The van der Waals surface area contributed by atoms with E-state index in [1.54, 1.807) is 0 Å². The van der Waals surface area contributed by atoms with Crippen LogP contribution in [0, 0.1) is 0 Å². The van der Waals surface area contributed by atoms with Gasteiger partial charge >= 0.3 is 11.9 Å². The van der Waals surface area contributed by atoms with Crippen LogP contribution >= 0.6 is 0 Å². The number of amides is 1. The number of aromatic nitrogens is 2. The largest absolute Gasteiger partial charge is 0.495 e. The van der Waals surface area contributed by atoms with E-state index in [1.165, 1.54) is 36.4 Å². The molecule has 0 radical (unpaired) electrons. The van der Waals surface area contributed by atoms with E-state index in [0.29, 0.717) is 5.69 Å². The first-order valence-electron chi connectivity index (χ1n) is 9.80. The average Bonchev–Trinajstić information content (AvgIpc) is 3.25. The zero-order valence-corrected chi connectivity index (χ0v) is 16.7. The van der Waals surface area contributed by atoms with Crippen LogP contribution in [-0.2, 0) is 4.79 Å². The van der Waals surface area contributed by atoms with Crippen molar-refractivity contribution in [3.8, 4) is 5.75 Å². The molecule has 164 valence electrons. The Morgan fingerprint density at radius 3 is 2.77 bits per heavy atom. The third kappa shape index (κ3) is 4.07. The Hall–Kier alpha value is -3.50. The summed E-state index contributed by atoms with van der Waals surface area (Å²) < 4.78 is 34.0. The molecule has 1 aromatic heterocycles. The fraction of sp³-hybridized carbons (Fsp3) is 0.400. The lowest BCUT2D eigenvalue weighted by atomic mass is 10.2. The molecule has 11 heteroatoms. The minimum Gasteiger partial charge on any atom is -0.495 e. The van der Waals surface area contributed by atoms with Crippen molar-refractivity contribution in [3.05, 3.63) is 30.0 Å². The number of carbonyl (C=O) groups excluding carboxylic acids is 1. The van der Waals surface area contributed by atoms with Gasteiger partial charge in [0.15, 0.2) is 5.82 Å². The summed E-state index contributed by atoms with van der Waals surface area (Å²) in [6, 6.07) is 4.09. The summed E-state index contributed by atoms with van der Waals surface area (Å²) in [5, 5.41) is 14.3. The smallest absolute Gasteiger partial charge is 0.341 e. The molecule has 4 rings (SSSR count). The second kappa shape index (κ2) is 7.97. The summed E-state index contributed by atoms with van der Waals surface area (Å²) in [5.74, 6) is -5.48. The molecule has 0 atom stereocenters. The Labute approximate surface area is 176 Å². The van der Waals surface area contributed by atoms with Crippen molar-refractivity contribution in [1.29, 1.82) is 0 Å². The number of hydrogen-bond donors (Lipinski definition) is 3. The number of aromatic carboxylic acids is 1. The van der Waals surface area contributed by atoms with Gasteiger partial charge in [-0.25, -0.2) is 9.78 Å². The normalized spacial score (nSPS) is 18.2. The number of halogens is 2. The van der Waals surface area contributed by atoms with Gasteiger partial charge in [-0.2, -0.15) is 13.8 Å². The first-order chi connectivity index (χ1) is 14.8. The Morgan fingerprint density at radius 2 is 2.10 bits per heavy atom. The maximum Gasteiger partial charge on any atom is 0.341 e. The highest BCUT2D eigenvalue weighted by Gasteiger charge is 2.46. The number of fused-ring (bicyclic) bond motifs is 1. The lowest BCUT2D eigenvalue weighted by molar-refractivity contribution is -0.138. The molecule has 31 heavy (non-hydrogen) atoms. The van der Waals surface area contributed by atoms with Crippen LogP contribution in [0.15, 0.2) is 24.4 Å². The third-order valence-electron chi connectivity index (χ3n) is 5.45. The van der Waals surface area contributed by atoms with Crippen molar-refractivity contribution >= 4 is 35.0 Å². The fourth-order valence-electron chi connectivity index (χ4n) is 3.88. The maximum absolute atomic E-state index is 14.4. The van der Waals surface area contributed by atoms with Gasteiger partial charge in [-0.15, -0.1) is 0 Å². The van der Waals surface area contributed by atoms with Crippen molar-refractivity contribution in [2.75, 3.05) is 29.2 Å². The molecule has 1 aromatic carbocycles. The number of benzene rings is 1. The Kier molecular flexibility index (Phi) is 5.34. The topological polar surface area (TPSA) is 117 Å². The van der Waals surface area contributed by atoms with E-state index in [1.807, 2.05) is 0 Å². The molecule has 2 aliphatic rings. The number of ether oxygens (including phenoxy) is 1. The van der Waals surface area contributed by atoms with E-state index < -0.39 is 24.3 Å².